The van der Waals surface area contributed by atoms with Crippen LogP contribution in [0.5, 0.6) is 0 Å². The van der Waals surface area contributed by atoms with E-state index in [-0.39, 0.29) is 5.78 Å². The van der Waals surface area contributed by atoms with Gasteiger partial charge in [0.1, 0.15) is 5.82 Å². The van der Waals surface area contributed by atoms with E-state index < -0.39 is 0 Å². The number of thioether (sulfide) groups is 1. The van der Waals surface area contributed by atoms with Crippen LogP contribution in [0.1, 0.15) is 21.1 Å². The van der Waals surface area contributed by atoms with E-state index in [1.165, 1.54) is 16.6 Å². The number of nitrogens with zero attached hydrogens (tertiary/aromatic N) is 3. The lowest BCUT2D eigenvalue weighted by Crippen LogP contribution is -2.07. The zero-order valence-electron chi connectivity index (χ0n) is 13.4. The highest BCUT2D eigenvalue weighted by atomic mass is 35.5. The average molecular weight is 390 g/mol. The number of halogens is 1. The Morgan fingerprint density at radius 3 is 2.76 bits per heavy atom. The number of allylic oxidation sites excluding steroid dienone is 1. The topological polar surface area (TPSA) is 47.8 Å². The van der Waals surface area contributed by atoms with Gasteiger partial charge < -0.3 is 4.57 Å². The minimum absolute atomic E-state index is 0.0367. The van der Waals surface area contributed by atoms with Gasteiger partial charge in [-0.2, -0.15) is 0 Å². The molecule has 0 amide bonds. The number of benzene rings is 1. The van der Waals surface area contributed by atoms with Crippen molar-refractivity contribution < 1.29 is 4.79 Å². The van der Waals surface area contributed by atoms with Crippen molar-refractivity contribution in [2.75, 3.05) is 5.75 Å². The molecule has 0 spiro atoms. The molecular weight excluding hydrogens is 374 g/mol. The first kappa shape index (κ1) is 17.9. The largest absolute Gasteiger partial charge is 0.302 e. The molecule has 2 aromatic heterocycles. The summed E-state index contributed by atoms with van der Waals surface area (Å²) < 4.78 is 2.01. The molecule has 0 aliphatic heterocycles. The fourth-order valence-corrected chi connectivity index (χ4v) is 3.98. The van der Waals surface area contributed by atoms with E-state index in [1.807, 2.05) is 22.1 Å². The number of carbonyl (C=O) groups excluding carboxylic acids is 1. The van der Waals surface area contributed by atoms with Gasteiger partial charge in [0.25, 0.3) is 0 Å². The Hall–Kier alpha value is -1.89. The SMILES string of the molecule is C=CCn1c(Cc2cccs2)nnc1SCC(=O)c1ccc(Cl)cc1. The molecule has 0 atom stereocenters. The molecule has 2 heterocycles. The van der Waals surface area contributed by atoms with Crippen LogP contribution in [0.15, 0.2) is 59.6 Å². The fraction of sp³-hybridized carbons (Fsp3) is 0.167. The van der Waals surface area contributed by atoms with Crippen molar-refractivity contribution in [2.24, 2.45) is 0 Å². The van der Waals surface area contributed by atoms with Crippen molar-refractivity contribution >= 4 is 40.5 Å². The minimum Gasteiger partial charge on any atom is -0.302 e. The summed E-state index contributed by atoms with van der Waals surface area (Å²) >= 11 is 8.94. The van der Waals surface area contributed by atoms with Crippen LogP contribution in [-0.4, -0.2) is 26.3 Å². The van der Waals surface area contributed by atoms with Crippen LogP contribution in [0, 0.1) is 0 Å². The van der Waals surface area contributed by atoms with Crippen molar-refractivity contribution in [3.05, 3.63) is 75.7 Å². The highest BCUT2D eigenvalue weighted by Crippen LogP contribution is 2.22. The summed E-state index contributed by atoms with van der Waals surface area (Å²) in [7, 11) is 0. The summed E-state index contributed by atoms with van der Waals surface area (Å²) in [5, 5.41) is 11.9. The average Bonchev–Trinajstić information content (AvgIpc) is 3.25. The van der Waals surface area contributed by atoms with Crippen molar-refractivity contribution in [3.63, 3.8) is 0 Å². The molecule has 0 fully saturated rings. The third-order valence-electron chi connectivity index (χ3n) is 3.52. The lowest BCUT2D eigenvalue weighted by Gasteiger charge is -2.07. The molecule has 0 radical (unpaired) electrons. The molecule has 0 bridgehead atoms. The van der Waals surface area contributed by atoms with E-state index in [9.17, 15) is 4.79 Å². The predicted octanol–water partition coefficient (Wildman–Crippen LogP) is 4.74. The molecule has 0 N–H and O–H groups in total. The van der Waals surface area contributed by atoms with Crippen molar-refractivity contribution in [3.8, 4) is 0 Å². The summed E-state index contributed by atoms with van der Waals surface area (Å²) in [5.41, 5.74) is 0.644. The van der Waals surface area contributed by atoms with Gasteiger partial charge in [0.2, 0.25) is 0 Å². The Morgan fingerprint density at radius 1 is 1.28 bits per heavy atom. The second-order valence-corrected chi connectivity index (χ2v) is 7.68. The summed E-state index contributed by atoms with van der Waals surface area (Å²) in [5.74, 6) is 1.22. The quantitative estimate of drug-likeness (QED) is 0.317. The predicted molar refractivity (Wildman–Crippen MR) is 104 cm³/mol. The van der Waals surface area contributed by atoms with Gasteiger partial charge in [-0.3, -0.25) is 4.79 Å². The number of hydrogen-bond acceptors (Lipinski definition) is 5. The lowest BCUT2D eigenvalue weighted by atomic mass is 10.1. The second kappa shape index (κ2) is 8.47. The molecule has 0 saturated carbocycles. The number of thiophene rings is 1. The van der Waals surface area contributed by atoms with E-state index in [2.05, 4.69) is 22.8 Å². The maximum absolute atomic E-state index is 12.3. The standard InChI is InChI=1S/C18H16ClN3OS2/c1-2-9-22-17(11-15-4-3-10-24-15)20-21-18(22)25-12-16(23)13-5-7-14(19)8-6-13/h2-8,10H,1,9,11-12H2. The third-order valence-corrected chi connectivity index (χ3v) is 5.61. The van der Waals surface area contributed by atoms with Crippen LogP contribution >= 0.6 is 34.7 Å². The zero-order chi connectivity index (χ0) is 17.6. The first-order chi connectivity index (χ1) is 12.2. The zero-order valence-corrected chi connectivity index (χ0v) is 15.8. The molecule has 3 rings (SSSR count). The summed E-state index contributed by atoms with van der Waals surface area (Å²) in [6.45, 7) is 4.42. The maximum atomic E-state index is 12.3. The molecule has 4 nitrogen and oxygen atoms in total. The summed E-state index contributed by atoms with van der Waals surface area (Å²) in [6, 6.07) is 11.0. The molecular formula is C18H16ClN3OS2. The number of rotatable bonds is 8. The second-order valence-electron chi connectivity index (χ2n) is 5.27. The smallest absolute Gasteiger partial charge is 0.191 e. The van der Waals surface area contributed by atoms with Crippen LogP contribution in [0.3, 0.4) is 0 Å². The molecule has 128 valence electrons. The number of Topliss-reactive ketones (excluding diaryl/α,β-unsaturated/α-hetero) is 1. The van der Waals surface area contributed by atoms with Crippen LogP contribution < -0.4 is 0 Å². The Labute approximate surface area is 159 Å². The molecule has 0 aliphatic carbocycles. The van der Waals surface area contributed by atoms with Gasteiger partial charge in [0.15, 0.2) is 10.9 Å². The normalized spacial score (nSPS) is 10.8. The van der Waals surface area contributed by atoms with E-state index in [0.717, 1.165) is 17.4 Å². The third kappa shape index (κ3) is 4.60. The Balaban J connectivity index is 1.71. The van der Waals surface area contributed by atoms with Gasteiger partial charge in [-0.05, 0) is 35.7 Å². The number of aromatic nitrogens is 3. The van der Waals surface area contributed by atoms with Gasteiger partial charge in [-0.15, -0.1) is 28.1 Å². The van der Waals surface area contributed by atoms with Gasteiger partial charge >= 0.3 is 0 Å². The highest BCUT2D eigenvalue weighted by molar-refractivity contribution is 7.99. The van der Waals surface area contributed by atoms with E-state index >= 15 is 0 Å². The monoisotopic (exact) mass is 389 g/mol. The van der Waals surface area contributed by atoms with Crippen LogP contribution in [0.25, 0.3) is 0 Å². The van der Waals surface area contributed by atoms with Crippen molar-refractivity contribution in [1.82, 2.24) is 14.8 Å². The lowest BCUT2D eigenvalue weighted by molar-refractivity contribution is 0.102. The van der Waals surface area contributed by atoms with Crippen molar-refractivity contribution in [2.45, 2.75) is 18.1 Å². The van der Waals surface area contributed by atoms with E-state index in [1.54, 1.807) is 35.6 Å². The first-order valence-electron chi connectivity index (χ1n) is 7.64. The molecule has 0 unspecified atom stereocenters. The van der Waals surface area contributed by atoms with Gasteiger partial charge in [0.05, 0.1) is 5.75 Å². The Bertz CT molecular complexity index is 857. The number of ketones is 1. The van der Waals surface area contributed by atoms with Crippen LogP contribution in [0.4, 0.5) is 0 Å². The summed E-state index contributed by atoms with van der Waals surface area (Å²) in [6.07, 6.45) is 2.54. The molecule has 1 aromatic carbocycles. The van der Waals surface area contributed by atoms with Crippen molar-refractivity contribution in [1.29, 1.82) is 0 Å². The molecule has 3 aromatic rings. The first-order valence-corrected chi connectivity index (χ1v) is 9.88. The molecule has 0 saturated heterocycles. The van der Waals surface area contributed by atoms with Crippen LogP contribution in [0.2, 0.25) is 5.02 Å². The summed E-state index contributed by atoms with van der Waals surface area (Å²) in [4.78, 5) is 13.5. The van der Waals surface area contributed by atoms with E-state index in [0.29, 0.717) is 22.9 Å². The highest BCUT2D eigenvalue weighted by Gasteiger charge is 2.15. The van der Waals surface area contributed by atoms with Gasteiger partial charge in [-0.25, -0.2) is 0 Å². The minimum atomic E-state index is 0.0367. The molecule has 7 heteroatoms. The number of carbonyl (C=O) groups is 1. The molecule has 25 heavy (non-hydrogen) atoms. The fourth-order valence-electron chi connectivity index (χ4n) is 2.29. The molecule has 0 aliphatic rings. The maximum Gasteiger partial charge on any atom is 0.191 e. The Kier molecular flexibility index (Phi) is 6.07. The Morgan fingerprint density at radius 2 is 2.08 bits per heavy atom. The van der Waals surface area contributed by atoms with E-state index in [4.69, 9.17) is 11.6 Å². The van der Waals surface area contributed by atoms with Gasteiger partial charge in [-0.1, -0.05) is 35.5 Å². The van der Waals surface area contributed by atoms with Crippen LogP contribution in [-0.2, 0) is 13.0 Å². The van der Waals surface area contributed by atoms with Gasteiger partial charge in [0, 0.05) is 28.4 Å². The number of hydrogen-bond donors (Lipinski definition) is 0.